The Bertz CT molecular complexity index is 650. The number of Topliss-reactive ketones (excluding diaryl/α,β-unsaturated/α-hetero) is 1. The van der Waals surface area contributed by atoms with Gasteiger partial charge in [0.05, 0.1) is 12.2 Å². The summed E-state index contributed by atoms with van der Waals surface area (Å²) in [6.45, 7) is 6.13. The van der Waals surface area contributed by atoms with Crippen molar-refractivity contribution in [3.8, 4) is 0 Å². The van der Waals surface area contributed by atoms with Crippen LogP contribution in [0, 0.1) is 11.3 Å². The number of urea groups is 1. The smallest absolute Gasteiger partial charge is 0.325 e. The van der Waals surface area contributed by atoms with E-state index in [-0.39, 0.29) is 23.7 Å². The van der Waals surface area contributed by atoms with Crippen molar-refractivity contribution in [2.75, 3.05) is 6.54 Å². The summed E-state index contributed by atoms with van der Waals surface area (Å²) in [5, 5.41) is 2.88. The standard InChI is InChI=1S/C17H23N3O3/c1-11-7-16(2,3)10-17(8-11)14(22)20(15(23)19-17)9-13(21)12-5-4-6-18-12/h4-6,11,18H,7-10H2,1-3H3,(H,19,23)/t11-,17-/m1/s1. The average molecular weight is 317 g/mol. The van der Waals surface area contributed by atoms with E-state index in [2.05, 4.69) is 31.1 Å². The molecule has 1 saturated carbocycles. The van der Waals surface area contributed by atoms with Crippen LogP contribution in [-0.2, 0) is 4.79 Å². The van der Waals surface area contributed by atoms with Crippen molar-refractivity contribution in [1.29, 1.82) is 0 Å². The molecule has 0 aromatic carbocycles. The van der Waals surface area contributed by atoms with Gasteiger partial charge in [0.2, 0.25) is 0 Å². The van der Waals surface area contributed by atoms with E-state index in [4.69, 9.17) is 0 Å². The van der Waals surface area contributed by atoms with Crippen LogP contribution < -0.4 is 5.32 Å². The van der Waals surface area contributed by atoms with Crippen LogP contribution in [0.25, 0.3) is 0 Å². The van der Waals surface area contributed by atoms with Gasteiger partial charge in [-0.25, -0.2) is 4.79 Å². The molecular formula is C17H23N3O3. The second kappa shape index (κ2) is 5.22. The summed E-state index contributed by atoms with van der Waals surface area (Å²) in [6.07, 6.45) is 3.92. The van der Waals surface area contributed by atoms with Crippen LogP contribution in [0.1, 0.15) is 50.5 Å². The number of nitrogens with one attached hydrogen (secondary N) is 2. The molecule has 1 spiro atoms. The van der Waals surface area contributed by atoms with Crippen LogP contribution in [-0.4, -0.2) is 39.7 Å². The molecule has 2 fully saturated rings. The Kier molecular flexibility index (Phi) is 3.58. The van der Waals surface area contributed by atoms with Gasteiger partial charge < -0.3 is 10.3 Å². The summed E-state index contributed by atoms with van der Waals surface area (Å²) in [6, 6.07) is 2.90. The first-order valence-corrected chi connectivity index (χ1v) is 8.03. The Hall–Kier alpha value is -2.11. The third-order valence-electron chi connectivity index (χ3n) is 4.82. The summed E-state index contributed by atoms with van der Waals surface area (Å²) in [5.41, 5.74) is -0.460. The number of amides is 3. The minimum atomic E-state index is -0.853. The number of carbonyl (C=O) groups is 3. The minimum Gasteiger partial charge on any atom is -0.359 e. The third kappa shape index (κ3) is 2.78. The first-order chi connectivity index (χ1) is 10.7. The summed E-state index contributed by atoms with van der Waals surface area (Å²) < 4.78 is 0. The van der Waals surface area contributed by atoms with Gasteiger partial charge in [-0.3, -0.25) is 14.5 Å². The van der Waals surface area contributed by atoms with Gasteiger partial charge in [-0.1, -0.05) is 20.8 Å². The fourth-order valence-corrected chi connectivity index (χ4v) is 4.38. The van der Waals surface area contributed by atoms with Gasteiger partial charge in [-0.05, 0) is 42.7 Å². The molecule has 3 amide bonds. The van der Waals surface area contributed by atoms with E-state index in [9.17, 15) is 14.4 Å². The van der Waals surface area contributed by atoms with Crippen LogP contribution in [0.3, 0.4) is 0 Å². The third-order valence-corrected chi connectivity index (χ3v) is 4.82. The zero-order valence-electron chi connectivity index (χ0n) is 13.8. The van der Waals surface area contributed by atoms with Gasteiger partial charge in [0.15, 0.2) is 5.78 Å². The summed E-state index contributed by atoms with van der Waals surface area (Å²) in [7, 11) is 0. The van der Waals surface area contributed by atoms with Gasteiger partial charge in [0, 0.05) is 6.20 Å². The van der Waals surface area contributed by atoms with Crippen molar-refractivity contribution in [1.82, 2.24) is 15.2 Å². The van der Waals surface area contributed by atoms with Gasteiger partial charge in [0.25, 0.3) is 5.91 Å². The minimum absolute atomic E-state index is 0.0138. The Labute approximate surface area is 135 Å². The zero-order valence-corrected chi connectivity index (χ0v) is 13.8. The number of hydrogen-bond donors (Lipinski definition) is 2. The summed E-state index contributed by atoms with van der Waals surface area (Å²) >= 11 is 0. The number of aromatic amines is 1. The molecule has 23 heavy (non-hydrogen) atoms. The van der Waals surface area contributed by atoms with Gasteiger partial charge in [0.1, 0.15) is 5.54 Å². The number of aromatic nitrogens is 1. The number of carbonyl (C=O) groups excluding carboxylic acids is 3. The Balaban J connectivity index is 1.81. The molecule has 1 aromatic rings. The quantitative estimate of drug-likeness (QED) is 0.663. The molecule has 2 heterocycles. The first kappa shape index (κ1) is 15.8. The fraction of sp³-hybridized carbons (Fsp3) is 0.588. The molecule has 0 radical (unpaired) electrons. The van der Waals surface area contributed by atoms with Crippen molar-refractivity contribution >= 4 is 17.7 Å². The molecule has 1 aliphatic heterocycles. The Morgan fingerprint density at radius 3 is 2.70 bits per heavy atom. The molecule has 1 aromatic heterocycles. The van der Waals surface area contributed by atoms with Crippen molar-refractivity contribution in [2.45, 2.75) is 45.6 Å². The fourth-order valence-electron chi connectivity index (χ4n) is 4.38. The van der Waals surface area contributed by atoms with Crippen molar-refractivity contribution in [2.24, 2.45) is 11.3 Å². The molecule has 6 nitrogen and oxygen atoms in total. The maximum Gasteiger partial charge on any atom is 0.325 e. The number of ketones is 1. The second-order valence-electron chi connectivity index (χ2n) is 7.76. The van der Waals surface area contributed by atoms with Gasteiger partial charge in [-0.15, -0.1) is 0 Å². The number of imide groups is 1. The van der Waals surface area contributed by atoms with E-state index >= 15 is 0 Å². The highest BCUT2D eigenvalue weighted by molar-refractivity contribution is 6.11. The molecule has 0 unspecified atom stereocenters. The topological polar surface area (TPSA) is 82.3 Å². The van der Waals surface area contributed by atoms with E-state index in [1.54, 1.807) is 18.3 Å². The molecule has 2 aliphatic rings. The molecule has 2 atom stereocenters. The van der Waals surface area contributed by atoms with Gasteiger partial charge in [-0.2, -0.15) is 0 Å². The lowest BCUT2D eigenvalue weighted by molar-refractivity contribution is -0.134. The highest BCUT2D eigenvalue weighted by Gasteiger charge is 2.56. The molecule has 2 N–H and O–H groups in total. The molecule has 1 aliphatic carbocycles. The lowest BCUT2D eigenvalue weighted by Crippen LogP contribution is -2.54. The maximum absolute atomic E-state index is 12.9. The van der Waals surface area contributed by atoms with E-state index in [1.807, 2.05) is 0 Å². The van der Waals surface area contributed by atoms with E-state index < -0.39 is 11.6 Å². The lowest BCUT2D eigenvalue weighted by atomic mass is 9.64. The number of H-pyrrole nitrogens is 1. The van der Waals surface area contributed by atoms with Crippen LogP contribution >= 0.6 is 0 Å². The molecule has 1 saturated heterocycles. The van der Waals surface area contributed by atoms with Crippen LogP contribution in [0.5, 0.6) is 0 Å². The van der Waals surface area contributed by atoms with Crippen molar-refractivity contribution in [3.05, 3.63) is 24.0 Å². The molecule has 124 valence electrons. The van der Waals surface area contributed by atoms with Crippen LogP contribution in [0.2, 0.25) is 0 Å². The van der Waals surface area contributed by atoms with E-state index in [0.29, 0.717) is 24.5 Å². The first-order valence-electron chi connectivity index (χ1n) is 8.03. The lowest BCUT2D eigenvalue weighted by Gasteiger charge is -2.43. The summed E-state index contributed by atoms with van der Waals surface area (Å²) in [5.74, 6) is -0.178. The number of rotatable bonds is 3. The van der Waals surface area contributed by atoms with Gasteiger partial charge >= 0.3 is 6.03 Å². The van der Waals surface area contributed by atoms with E-state index in [0.717, 1.165) is 11.3 Å². The van der Waals surface area contributed by atoms with Crippen molar-refractivity contribution < 1.29 is 14.4 Å². The zero-order chi connectivity index (χ0) is 16.8. The molecule has 0 bridgehead atoms. The number of nitrogens with zero attached hydrogens (tertiary/aromatic N) is 1. The molecule has 6 heteroatoms. The normalized spacial score (nSPS) is 29.9. The predicted molar refractivity (Wildman–Crippen MR) is 84.9 cm³/mol. The highest BCUT2D eigenvalue weighted by Crippen LogP contribution is 2.46. The molecule has 3 rings (SSSR count). The van der Waals surface area contributed by atoms with Crippen molar-refractivity contribution in [3.63, 3.8) is 0 Å². The second-order valence-corrected chi connectivity index (χ2v) is 7.76. The van der Waals surface area contributed by atoms with Crippen LogP contribution in [0.4, 0.5) is 4.79 Å². The maximum atomic E-state index is 12.9. The average Bonchev–Trinajstić information content (AvgIpc) is 3.00. The largest absolute Gasteiger partial charge is 0.359 e. The number of hydrogen-bond acceptors (Lipinski definition) is 3. The SMILES string of the molecule is C[C@@H]1CC(C)(C)C[C@@]2(C1)NC(=O)N(CC(=O)c1ccc[nH]1)C2=O. The summed E-state index contributed by atoms with van der Waals surface area (Å²) in [4.78, 5) is 41.3. The monoisotopic (exact) mass is 317 g/mol. The van der Waals surface area contributed by atoms with Crippen LogP contribution in [0.15, 0.2) is 18.3 Å². The van der Waals surface area contributed by atoms with E-state index in [1.165, 1.54) is 0 Å². The predicted octanol–water partition coefficient (Wildman–Crippen LogP) is 2.33. The highest BCUT2D eigenvalue weighted by atomic mass is 16.2. The molecular weight excluding hydrogens is 294 g/mol. The Morgan fingerprint density at radius 2 is 2.09 bits per heavy atom. The Morgan fingerprint density at radius 1 is 1.35 bits per heavy atom.